The number of nitrogens with zero attached hydrogens (tertiary/aromatic N) is 1. The lowest BCUT2D eigenvalue weighted by atomic mass is 9.77. The van der Waals surface area contributed by atoms with Gasteiger partial charge in [-0.15, -0.1) is 0 Å². The Labute approximate surface area is 118 Å². The molecule has 2 fully saturated rings. The highest BCUT2D eigenvalue weighted by Crippen LogP contribution is 2.34. The summed E-state index contributed by atoms with van der Waals surface area (Å²) in [5.41, 5.74) is 0. The van der Waals surface area contributed by atoms with Gasteiger partial charge in [-0.05, 0) is 57.4 Å². The topological polar surface area (TPSA) is 32.7 Å². The lowest BCUT2D eigenvalue weighted by Crippen LogP contribution is -2.53. The maximum Gasteiger partial charge on any atom is 0.0702 e. The van der Waals surface area contributed by atoms with Gasteiger partial charge in [0.1, 0.15) is 0 Å². The summed E-state index contributed by atoms with van der Waals surface area (Å²) in [5.74, 6) is 1.52. The summed E-state index contributed by atoms with van der Waals surface area (Å²) in [4.78, 5) is 2.50. The predicted molar refractivity (Wildman–Crippen MR) is 78.2 cm³/mol. The van der Waals surface area contributed by atoms with Crippen LogP contribution in [0.15, 0.2) is 0 Å². The first kappa shape index (κ1) is 15.3. The number of aliphatic hydroxyl groups excluding tert-OH is 1. The fraction of sp³-hybridized carbons (Fsp3) is 1.00. The molecule has 0 amide bonds. The van der Waals surface area contributed by atoms with Crippen molar-refractivity contribution < 1.29 is 9.84 Å². The molecule has 4 atom stereocenters. The van der Waals surface area contributed by atoms with Gasteiger partial charge >= 0.3 is 0 Å². The third-order valence-electron chi connectivity index (χ3n) is 5.05. The standard InChI is InChI=1S/C16H31NO2/c1-4-19-14-6-5-9-17(11-14)15-10-13(12(2)3)7-8-16(15)18/h12-16,18H,4-11H2,1-3H3. The fourth-order valence-corrected chi connectivity index (χ4v) is 3.80. The number of hydrogen-bond donors (Lipinski definition) is 1. The van der Waals surface area contributed by atoms with Gasteiger partial charge < -0.3 is 9.84 Å². The van der Waals surface area contributed by atoms with E-state index in [2.05, 4.69) is 25.7 Å². The van der Waals surface area contributed by atoms with E-state index in [4.69, 9.17) is 4.74 Å². The van der Waals surface area contributed by atoms with Gasteiger partial charge in [-0.25, -0.2) is 0 Å². The van der Waals surface area contributed by atoms with E-state index >= 15 is 0 Å². The molecule has 1 aliphatic heterocycles. The molecule has 19 heavy (non-hydrogen) atoms. The van der Waals surface area contributed by atoms with Crippen molar-refractivity contribution in [2.45, 2.75) is 71.1 Å². The Bertz CT molecular complexity index is 267. The normalized spacial score (nSPS) is 37.7. The van der Waals surface area contributed by atoms with Crippen LogP contribution in [0.5, 0.6) is 0 Å². The van der Waals surface area contributed by atoms with E-state index in [1.54, 1.807) is 0 Å². The summed E-state index contributed by atoms with van der Waals surface area (Å²) in [5, 5.41) is 10.4. The van der Waals surface area contributed by atoms with Gasteiger partial charge in [-0.2, -0.15) is 0 Å². The summed E-state index contributed by atoms with van der Waals surface area (Å²) in [7, 11) is 0. The largest absolute Gasteiger partial charge is 0.391 e. The lowest BCUT2D eigenvalue weighted by molar-refractivity contribution is -0.0543. The van der Waals surface area contributed by atoms with E-state index in [-0.39, 0.29) is 6.10 Å². The summed E-state index contributed by atoms with van der Waals surface area (Å²) in [6.45, 7) is 9.66. The van der Waals surface area contributed by atoms with Gasteiger partial charge in [-0.3, -0.25) is 4.90 Å². The Kier molecular flexibility index (Phi) is 5.67. The first-order valence-corrected chi connectivity index (χ1v) is 8.15. The van der Waals surface area contributed by atoms with Crippen molar-refractivity contribution in [2.24, 2.45) is 11.8 Å². The Balaban J connectivity index is 1.94. The minimum absolute atomic E-state index is 0.129. The quantitative estimate of drug-likeness (QED) is 0.851. The monoisotopic (exact) mass is 269 g/mol. The molecule has 1 aliphatic carbocycles. The van der Waals surface area contributed by atoms with Gasteiger partial charge in [0.05, 0.1) is 12.2 Å². The summed E-state index contributed by atoms with van der Waals surface area (Å²) < 4.78 is 5.79. The van der Waals surface area contributed by atoms with Crippen molar-refractivity contribution >= 4 is 0 Å². The number of aliphatic hydroxyl groups is 1. The zero-order chi connectivity index (χ0) is 13.8. The predicted octanol–water partition coefficient (Wildman–Crippen LogP) is 2.67. The second-order valence-electron chi connectivity index (χ2n) is 6.67. The van der Waals surface area contributed by atoms with Crippen LogP contribution < -0.4 is 0 Å². The Morgan fingerprint density at radius 2 is 2.05 bits per heavy atom. The zero-order valence-electron chi connectivity index (χ0n) is 12.8. The minimum Gasteiger partial charge on any atom is -0.391 e. The average Bonchev–Trinajstić information content (AvgIpc) is 2.39. The highest BCUT2D eigenvalue weighted by molar-refractivity contribution is 4.90. The van der Waals surface area contributed by atoms with Crippen LogP contribution in [-0.2, 0) is 4.74 Å². The molecule has 0 aromatic carbocycles. The van der Waals surface area contributed by atoms with Gasteiger partial charge in [0.25, 0.3) is 0 Å². The van der Waals surface area contributed by atoms with Crippen LogP contribution >= 0.6 is 0 Å². The lowest BCUT2D eigenvalue weighted by Gasteiger charge is -2.44. The molecule has 0 aromatic heterocycles. The summed E-state index contributed by atoms with van der Waals surface area (Å²) in [6.07, 6.45) is 5.97. The first-order valence-electron chi connectivity index (χ1n) is 8.15. The van der Waals surface area contributed by atoms with Gasteiger partial charge in [-0.1, -0.05) is 13.8 Å². The van der Waals surface area contributed by atoms with Gasteiger partial charge in [0, 0.05) is 19.2 Å². The van der Waals surface area contributed by atoms with Gasteiger partial charge in [0.15, 0.2) is 0 Å². The van der Waals surface area contributed by atoms with Crippen LogP contribution in [0.25, 0.3) is 0 Å². The molecular formula is C16H31NO2. The summed E-state index contributed by atoms with van der Waals surface area (Å²) >= 11 is 0. The second-order valence-corrected chi connectivity index (χ2v) is 6.67. The van der Waals surface area contributed by atoms with Gasteiger partial charge in [0.2, 0.25) is 0 Å². The van der Waals surface area contributed by atoms with Crippen molar-refractivity contribution in [3.63, 3.8) is 0 Å². The molecule has 4 unspecified atom stereocenters. The summed E-state index contributed by atoms with van der Waals surface area (Å²) in [6, 6.07) is 0.365. The SMILES string of the molecule is CCOC1CCCN(C2CC(C(C)C)CCC2O)C1. The fourth-order valence-electron chi connectivity index (χ4n) is 3.80. The molecule has 1 N–H and O–H groups in total. The number of hydrogen-bond acceptors (Lipinski definition) is 3. The van der Waals surface area contributed by atoms with Crippen molar-refractivity contribution in [2.75, 3.05) is 19.7 Å². The molecule has 3 heteroatoms. The van der Waals surface area contributed by atoms with Crippen LogP contribution in [0.2, 0.25) is 0 Å². The van der Waals surface area contributed by atoms with E-state index in [0.29, 0.717) is 12.1 Å². The van der Waals surface area contributed by atoms with Crippen LogP contribution in [0.4, 0.5) is 0 Å². The van der Waals surface area contributed by atoms with Crippen LogP contribution in [0.3, 0.4) is 0 Å². The molecule has 2 rings (SSSR count). The van der Waals surface area contributed by atoms with Crippen LogP contribution in [0.1, 0.15) is 52.9 Å². The smallest absolute Gasteiger partial charge is 0.0702 e. The highest BCUT2D eigenvalue weighted by atomic mass is 16.5. The second kappa shape index (κ2) is 7.05. The molecule has 1 heterocycles. The van der Waals surface area contributed by atoms with Crippen molar-refractivity contribution in [3.05, 3.63) is 0 Å². The Hall–Kier alpha value is -0.120. The van der Waals surface area contributed by atoms with E-state index in [1.807, 2.05) is 0 Å². The molecule has 0 spiro atoms. The first-order chi connectivity index (χ1) is 9.11. The Morgan fingerprint density at radius 3 is 2.74 bits per heavy atom. The molecular weight excluding hydrogens is 238 g/mol. The third-order valence-corrected chi connectivity index (χ3v) is 5.05. The Morgan fingerprint density at radius 1 is 1.26 bits per heavy atom. The van der Waals surface area contributed by atoms with E-state index in [1.165, 1.54) is 19.3 Å². The molecule has 1 saturated carbocycles. The maximum absolute atomic E-state index is 10.4. The van der Waals surface area contributed by atoms with Crippen LogP contribution in [0, 0.1) is 11.8 Å². The minimum atomic E-state index is -0.129. The van der Waals surface area contributed by atoms with Crippen LogP contribution in [-0.4, -0.2) is 48.0 Å². The zero-order valence-corrected chi connectivity index (χ0v) is 12.8. The van der Waals surface area contributed by atoms with E-state index < -0.39 is 0 Å². The molecule has 0 radical (unpaired) electrons. The van der Waals surface area contributed by atoms with Crippen molar-refractivity contribution in [1.29, 1.82) is 0 Å². The average molecular weight is 269 g/mol. The molecule has 112 valence electrons. The molecule has 2 aliphatic rings. The van der Waals surface area contributed by atoms with E-state index in [9.17, 15) is 5.11 Å². The van der Waals surface area contributed by atoms with E-state index in [0.717, 1.165) is 44.4 Å². The third kappa shape index (κ3) is 3.93. The van der Waals surface area contributed by atoms with Crippen molar-refractivity contribution in [1.82, 2.24) is 4.90 Å². The molecule has 3 nitrogen and oxygen atoms in total. The number of ether oxygens (including phenoxy) is 1. The highest BCUT2D eigenvalue weighted by Gasteiger charge is 2.36. The maximum atomic E-state index is 10.4. The molecule has 0 bridgehead atoms. The number of likely N-dealkylation sites (tertiary alicyclic amines) is 1. The molecule has 1 saturated heterocycles. The number of piperidine rings is 1. The number of rotatable bonds is 4. The van der Waals surface area contributed by atoms with Crippen molar-refractivity contribution in [3.8, 4) is 0 Å². The molecule has 0 aromatic rings.